The van der Waals surface area contributed by atoms with E-state index in [-0.39, 0.29) is 0 Å². The molecule has 0 bridgehead atoms. The van der Waals surface area contributed by atoms with E-state index in [0.29, 0.717) is 17.7 Å². The van der Waals surface area contributed by atoms with Crippen molar-refractivity contribution in [3.8, 4) is 0 Å². The number of nitrogens with zero attached hydrogens (tertiary/aromatic N) is 6. The molecule has 2 aromatic rings. The summed E-state index contributed by atoms with van der Waals surface area (Å²) in [6.45, 7) is 4.47. The number of anilines is 1. The van der Waals surface area contributed by atoms with Crippen LogP contribution in [0.5, 0.6) is 0 Å². The highest BCUT2D eigenvalue weighted by atomic mass is 15.6. The third-order valence-corrected chi connectivity index (χ3v) is 3.51. The molecule has 96 valence electrons. The molecule has 1 saturated heterocycles. The molecule has 1 aliphatic heterocycles. The Bertz CT molecular complexity index is 527. The van der Waals surface area contributed by atoms with Gasteiger partial charge in [0, 0.05) is 12.1 Å². The first-order valence-electron chi connectivity index (χ1n) is 6.34. The van der Waals surface area contributed by atoms with E-state index in [1.54, 1.807) is 0 Å². The molecule has 0 spiro atoms. The second-order valence-electron chi connectivity index (χ2n) is 4.89. The third kappa shape index (κ3) is 2.01. The minimum Gasteiger partial charge on any atom is -0.301 e. The molecule has 2 aromatic heterocycles. The first-order valence-corrected chi connectivity index (χ1v) is 6.34. The average molecular weight is 247 g/mol. The number of fused-ring (bicyclic) bond motifs is 1. The number of nitrogens with one attached hydrogen (secondary N) is 1. The molecule has 7 heteroatoms. The van der Waals surface area contributed by atoms with Crippen LogP contribution in [0.15, 0.2) is 12.1 Å². The lowest BCUT2D eigenvalue weighted by Crippen LogP contribution is -2.47. The summed E-state index contributed by atoms with van der Waals surface area (Å²) in [5.41, 5.74) is 4.02. The lowest BCUT2D eigenvalue weighted by Gasteiger charge is -2.38. The zero-order valence-corrected chi connectivity index (χ0v) is 10.6. The van der Waals surface area contributed by atoms with Crippen molar-refractivity contribution in [2.45, 2.75) is 45.2 Å². The Morgan fingerprint density at radius 2 is 2.00 bits per heavy atom. The van der Waals surface area contributed by atoms with Gasteiger partial charge >= 0.3 is 0 Å². The van der Waals surface area contributed by atoms with Crippen LogP contribution in [0, 0.1) is 0 Å². The summed E-state index contributed by atoms with van der Waals surface area (Å²) < 4.78 is 1.43. The molecule has 0 radical (unpaired) electrons. The van der Waals surface area contributed by atoms with Crippen molar-refractivity contribution in [1.82, 2.24) is 30.3 Å². The SMILES string of the molecule is CC1CCCC(C)N1Nc1ccc2nnnn2n1. The molecule has 0 saturated carbocycles. The van der Waals surface area contributed by atoms with Gasteiger partial charge in [0.25, 0.3) is 0 Å². The summed E-state index contributed by atoms with van der Waals surface area (Å²) in [6.07, 6.45) is 3.72. The third-order valence-electron chi connectivity index (χ3n) is 3.51. The predicted octanol–water partition coefficient (Wildman–Crippen LogP) is 1.11. The van der Waals surface area contributed by atoms with Crippen LogP contribution in [0.25, 0.3) is 5.65 Å². The van der Waals surface area contributed by atoms with E-state index < -0.39 is 0 Å². The van der Waals surface area contributed by atoms with Gasteiger partial charge in [-0.15, -0.1) is 14.8 Å². The lowest BCUT2D eigenvalue weighted by molar-refractivity contribution is 0.135. The van der Waals surface area contributed by atoms with E-state index in [4.69, 9.17) is 0 Å². The summed E-state index contributed by atoms with van der Waals surface area (Å²) >= 11 is 0. The first-order chi connectivity index (χ1) is 8.74. The van der Waals surface area contributed by atoms with Crippen LogP contribution in [-0.2, 0) is 0 Å². The van der Waals surface area contributed by atoms with Gasteiger partial charge in [0.2, 0.25) is 0 Å². The van der Waals surface area contributed by atoms with E-state index in [9.17, 15) is 0 Å². The van der Waals surface area contributed by atoms with E-state index >= 15 is 0 Å². The summed E-state index contributed by atoms with van der Waals surface area (Å²) in [7, 11) is 0. The van der Waals surface area contributed by atoms with E-state index in [1.165, 1.54) is 23.9 Å². The molecule has 1 aliphatic rings. The Morgan fingerprint density at radius 1 is 1.22 bits per heavy atom. The first kappa shape index (κ1) is 11.3. The van der Waals surface area contributed by atoms with Gasteiger partial charge in [-0.2, -0.15) is 0 Å². The topological polar surface area (TPSA) is 71.2 Å². The number of rotatable bonds is 2. The van der Waals surface area contributed by atoms with Crippen molar-refractivity contribution in [2.75, 3.05) is 5.43 Å². The zero-order chi connectivity index (χ0) is 12.5. The minimum absolute atomic E-state index is 0.514. The normalized spacial score (nSPS) is 25.4. The summed E-state index contributed by atoms with van der Waals surface area (Å²) in [4.78, 5) is 0. The fraction of sp³-hybridized carbons (Fsp3) is 0.636. The molecule has 0 amide bonds. The van der Waals surface area contributed by atoms with Crippen molar-refractivity contribution in [1.29, 1.82) is 0 Å². The van der Waals surface area contributed by atoms with Crippen LogP contribution in [0.1, 0.15) is 33.1 Å². The Morgan fingerprint density at radius 3 is 2.78 bits per heavy atom. The fourth-order valence-corrected chi connectivity index (χ4v) is 2.48. The Hall–Kier alpha value is -1.76. The molecule has 3 rings (SSSR count). The van der Waals surface area contributed by atoms with Crippen LogP contribution < -0.4 is 5.43 Å². The average Bonchev–Trinajstić information content (AvgIpc) is 2.81. The van der Waals surface area contributed by atoms with Gasteiger partial charge in [0.15, 0.2) is 11.5 Å². The van der Waals surface area contributed by atoms with Crippen molar-refractivity contribution in [3.05, 3.63) is 12.1 Å². The van der Waals surface area contributed by atoms with Gasteiger partial charge in [0.05, 0.1) is 0 Å². The largest absolute Gasteiger partial charge is 0.301 e. The molecule has 0 aliphatic carbocycles. The molecular formula is C11H17N7. The molecule has 1 N–H and O–H groups in total. The van der Waals surface area contributed by atoms with Gasteiger partial charge in [-0.25, -0.2) is 5.01 Å². The van der Waals surface area contributed by atoms with E-state index in [1.807, 2.05) is 12.1 Å². The molecule has 1 fully saturated rings. The maximum atomic E-state index is 4.33. The van der Waals surface area contributed by atoms with Gasteiger partial charge in [-0.05, 0) is 49.2 Å². The van der Waals surface area contributed by atoms with Crippen molar-refractivity contribution in [3.63, 3.8) is 0 Å². The summed E-state index contributed by atoms with van der Waals surface area (Å²) in [5.74, 6) is 0.774. The number of tetrazole rings is 1. The Labute approximate surface area is 105 Å². The molecule has 2 atom stereocenters. The van der Waals surface area contributed by atoms with E-state index in [2.05, 4.69) is 44.9 Å². The summed E-state index contributed by atoms with van der Waals surface area (Å²) in [5, 5.41) is 17.8. The second-order valence-corrected chi connectivity index (χ2v) is 4.89. The number of hydrogen-bond donors (Lipinski definition) is 1. The highest BCUT2D eigenvalue weighted by Crippen LogP contribution is 2.22. The quantitative estimate of drug-likeness (QED) is 0.857. The maximum Gasteiger partial charge on any atom is 0.200 e. The van der Waals surface area contributed by atoms with Crippen LogP contribution >= 0.6 is 0 Å². The molecule has 7 nitrogen and oxygen atoms in total. The van der Waals surface area contributed by atoms with Gasteiger partial charge in [0.1, 0.15) is 0 Å². The lowest BCUT2D eigenvalue weighted by atomic mass is 10.00. The second kappa shape index (κ2) is 4.49. The van der Waals surface area contributed by atoms with Gasteiger partial charge in [-0.1, -0.05) is 6.42 Å². The maximum absolute atomic E-state index is 4.33. The molecule has 2 unspecified atom stereocenters. The molecule has 0 aromatic carbocycles. The van der Waals surface area contributed by atoms with Crippen LogP contribution in [-0.4, -0.2) is 42.3 Å². The van der Waals surface area contributed by atoms with Gasteiger partial charge < -0.3 is 5.43 Å². The number of hydrogen-bond acceptors (Lipinski definition) is 6. The number of piperidine rings is 1. The molecule has 18 heavy (non-hydrogen) atoms. The van der Waals surface area contributed by atoms with Crippen LogP contribution in [0.4, 0.5) is 5.82 Å². The van der Waals surface area contributed by atoms with Crippen LogP contribution in [0.3, 0.4) is 0 Å². The van der Waals surface area contributed by atoms with Crippen molar-refractivity contribution in [2.24, 2.45) is 0 Å². The van der Waals surface area contributed by atoms with Crippen LogP contribution in [0.2, 0.25) is 0 Å². The highest BCUT2D eigenvalue weighted by Gasteiger charge is 2.24. The highest BCUT2D eigenvalue weighted by molar-refractivity contribution is 5.41. The molecular weight excluding hydrogens is 230 g/mol. The zero-order valence-electron chi connectivity index (χ0n) is 10.6. The van der Waals surface area contributed by atoms with Crippen molar-refractivity contribution >= 4 is 11.5 Å². The number of aromatic nitrogens is 5. The number of hydrazine groups is 1. The van der Waals surface area contributed by atoms with Crippen molar-refractivity contribution < 1.29 is 0 Å². The monoisotopic (exact) mass is 247 g/mol. The summed E-state index contributed by atoms with van der Waals surface area (Å²) in [6, 6.07) is 4.79. The minimum atomic E-state index is 0.514. The Kier molecular flexibility index (Phi) is 2.83. The van der Waals surface area contributed by atoms with E-state index in [0.717, 1.165) is 5.82 Å². The fourth-order valence-electron chi connectivity index (χ4n) is 2.48. The Balaban J connectivity index is 1.81. The predicted molar refractivity (Wildman–Crippen MR) is 66.8 cm³/mol. The standard InChI is InChI=1S/C11H17N7/c1-8-4-3-5-9(2)17(8)13-10-6-7-11-12-15-16-18(11)14-10/h6-9H,3-5H2,1-2H3,(H,13,14). The molecule has 3 heterocycles. The smallest absolute Gasteiger partial charge is 0.200 e. The van der Waals surface area contributed by atoms with Gasteiger partial charge in [-0.3, -0.25) is 0 Å².